The number of ether oxygens (including phenoxy) is 1. The maximum Gasteiger partial charge on any atom is 0.314 e. The minimum absolute atomic E-state index is 0.00929. The van der Waals surface area contributed by atoms with Gasteiger partial charge in [-0.15, -0.1) is 0 Å². The van der Waals surface area contributed by atoms with Gasteiger partial charge >= 0.3 is 5.97 Å². The summed E-state index contributed by atoms with van der Waals surface area (Å²) in [6, 6.07) is 8.17. The smallest absolute Gasteiger partial charge is 0.314 e. The van der Waals surface area contributed by atoms with Gasteiger partial charge in [0.15, 0.2) is 0 Å². The van der Waals surface area contributed by atoms with E-state index in [1.807, 2.05) is 24.6 Å². The lowest BCUT2D eigenvalue weighted by molar-refractivity contribution is -0.160. The molecule has 30 heavy (non-hydrogen) atoms. The maximum atomic E-state index is 13.3. The summed E-state index contributed by atoms with van der Waals surface area (Å²) in [4.78, 5) is 27.6. The van der Waals surface area contributed by atoms with Crippen molar-refractivity contribution in [1.82, 2.24) is 14.7 Å². The van der Waals surface area contributed by atoms with Crippen LogP contribution in [-0.4, -0.2) is 46.3 Å². The van der Waals surface area contributed by atoms with Crippen molar-refractivity contribution in [1.29, 1.82) is 0 Å². The molecule has 1 atom stereocenters. The molecule has 0 saturated carbocycles. The van der Waals surface area contributed by atoms with Crippen molar-refractivity contribution in [2.75, 3.05) is 19.7 Å². The predicted octanol–water partition coefficient (Wildman–Crippen LogP) is 3.44. The van der Waals surface area contributed by atoms with Gasteiger partial charge in [-0.3, -0.25) is 14.3 Å². The van der Waals surface area contributed by atoms with Crippen molar-refractivity contribution in [3.05, 3.63) is 53.1 Å². The lowest BCUT2D eigenvalue weighted by Crippen LogP contribution is -2.51. The highest BCUT2D eigenvalue weighted by Gasteiger charge is 2.44. The molecular weight excluding hydrogens is 385 g/mol. The number of halogens is 1. The Morgan fingerprint density at radius 1 is 1.23 bits per heavy atom. The van der Waals surface area contributed by atoms with Crippen LogP contribution in [0.25, 0.3) is 0 Å². The lowest BCUT2D eigenvalue weighted by Gasteiger charge is -2.41. The topological polar surface area (TPSA) is 64.4 Å². The first-order valence-electron chi connectivity index (χ1n) is 10.5. The summed E-state index contributed by atoms with van der Waals surface area (Å²) in [5, 5.41) is 4.41. The third-order valence-electron chi connectivity index (χ3n) is 5.73. The van der Waals surface area contributed by atoms with Gasteiger partial charge in [0.05, 0.1) is 17.7 Å². The van der Waals surface area contributed by atoms with Crippen molar-refractivity contribution in [3.8, 4) is 0 Å². The number of aryl methyl sites for hydroxylation is 3. The van der Waals surface area contributed by atoms with Crippen LogP contribution in [0.15, 0.2) is 30.3 Å². The normalized spacial score (nSPS) is 19.0. The van der Waals surface area contributed by atoms with E-state index in [0.29, 0.717) is 38.9 Å². The number of carbonyl (C=O) groups is 2. The molecule has 2 heterocycles. The van der Waals surface area contributed by atoms with Crippen molar-refractivity contribution >= 4 is 11.9 Å². The zero-order valence-electron chi connectivity index (χ0n) is 18.0. The second-order valence-corrected chi connectivity index (χ2v) is 8.12. The highest BCUT2D eigenvalue weighted by molar-refractivity contribution is 5.81. The average molecular weight is 416 g/mol. The molecule has 0 spiro atoms. The molecule has 0 aliphatic carbocycles. The molecule has 1 amide bonds. The number of nitrogens with zero attached hydrogens (tertiary/aromatic N) is 3. The van der Waals surface area contributed by atoms with Gasteiger partial charge in [0.1, 0.15) is 5.82 Å². The van der Waals surface area contributed by atoms with Crippen LogP contribution in [0.5, 0.6) is 0 Å². The fraction of sp³-hybridized carbons (Fsp3) is 0.522. The molecule has 1 fully saturated rings. The van der Waals surface area contributed by atoms with E-state index in [9.17, 15) is 14.0 Å². The third-order valence-corrected chi connectivity index (χ3v) is 5.73. The summed E-state index contributed by atoms with van der Waals surface area (Å²) in [7, 11) is 0. The van der Waals surface area contributed by atoms with E-state index in [0.717, 1.165) is 23.4 Å². The molecule has 1 aliphatic rings. The molecule has 0 radical (unpaired) electrons. The first kappa shape index (κ1) is 22.0. The maximum absolute atomic E-state index is 13.3. The number of hydrogen-bond acceptors (Lipinski definition) is 4. The fourth-order valence-electron chi connectivity index (χ4n) is 4.27. The van der Waals surface area contributed by atoms with Gasteiger partial charge in [-0.25, -0.2) is 4.39 Å². The van der Waals surface area contributed by atoms with Crippen molar-refractivity contribution in [2.45, 2.75) is 53.0 Å². The van der Waals surface area contributed by atoms with Crippen LogP contribution in [0.2, 0.25) is 0 Å². The zero-order chi connectivity index (χ0) is 21.7. The van der Waals surface area contributed by atoms with Crippen LogP contribution >= 0.6 is 0 Å². The Labute approximate surface area is 177 Å². The zero-order valence-corrected chi connectivity index (χ0v) is 18.0. The van der Waals surface area contributed by atoms with Gasteiger partial charge < -0.3 is 9.64 Å². The fourth-order valence-corrected chi connectivity index (χ4v) is 4.27. The minimum atomic E-state index is -0.806. The van der Waals surface area contributed by atoms with Crippen LogP contribution in [0, 0.1) is 25.1 Å². The number of amides is 1. The number of rotatable bonds is 7. The monoisotopic (exact) mass is 415 g/mol. The molecule has 162 valence electrons. The number of esters is 1. The Morgan fingerprint density at radius 3 is 2.60 bits per heavy atom. The molecule has 7 heteroatoms. The molecule has 6 nitrogen and oxygen atoms in total. The van der Waals surface area contributed by atoms with E-state index in [1.165, 1.54) is 12.1 Å². The lowest BCUT2D eigenvalue weighted by atomic mass is 9.75. The summed E-state index contributed by atoms with van der Waals surface area (Å²) in [5.74, 6) is -0.589. The van der Waals surface area contributed by atoms with Crippen LogP contribution in [0.1, 0.15) is 43.1 Å². The summed E-state index contributed by atoms with van der Waals surface area (Å²) >= 11 is 0. The van der Waals surface area contributed by atoms with E-state index in [2.05, 4.69) is 5.10 Å². The molecule has 1 aliphatic heterocycles. The largest absolute Gasteiger partial charge is 0.466 e. The molecule has 0 N–H and O–H groups in total. The molecule has 3 rings (SSSR count). The van der Waals surface area contributed by atoms with Crippen LogP contribution in [0.3, 0.4) is 0 Å². The quantitative estimate of drug-likeness (QED) is 0.650. The highest BCUT2D eigenvalue weighted by atomic mass is 19.1. The highest BCUT2D eigenvalue weighted by Crippen LogP contribution is 2.35. The van der Waals surface area contributed by atoms with Crippen molar-refractivity contribution in [2.24, 2.45) is 5.41 Å². The van der Waals surface area contributed by atoms with E-state index in [4.69, 9.17) is 4.74 Å². The molecule has 2 aromatic rings. The average Bonchev–Trinajstić information content (AvgIpc) is 3.05. The van der Waals surface area contributed by atoms with E-state index < -0.39 is 5.41 Å². The molecular formula is C23H30FN3O3. The standard InChI is InChI=1S/C23H30FN3O3/c1-4-30-22(29)23(15-19-6-8-20(24)9-7-19)11-5-12-26(16-23)21(28)10-13-27-18(3)14-17(2)25-27/h6-9,14H,4-5,10-13,15-16H2,1-3H3/t23-/m0/s1. The van der Waals surface area contributed by atoms with E-state index in [-0.39, 0.29) is 24.3 Å². The summed E-state index contributed by atoms with van der Waals surface area (Å²) in [6.45, 7) is 7.43. The number of aromatic nitrogens is 2. The van der Waals surface area contributed by atoms with Gasteiger partial charge in [0.25, 0.3) is 0 Å². The first-order chi connectivity index (χ1) is 14.3. The predicted molar refractivity (Wildman–Crippen MR) is 111 cm³/mol. The number of benzene rings is 1. The third kappa shape index (κ3) is 5.07. The Kier molecular flexibility index (Phi) is 6.90. The number of piperidine rings is 1. The van der Waals surface area contributed by atoms with Gasteiger partial charge in [-0.1, -0.05) is 12.1 Å². The SMILES string of the molecule is CCOC(=O)[C@]1(Cc2ccc(F)cc2)CCCN(C(=O)CCn2nc(C)cc2C)C1. The van der Waals surface area contributed by atoms with E-state index >= 15 is 0 Å². The molecule has 1 aromatic heterocycles. The second-order valence-electron chi connectivity index (χ2n) is 8.12. The number of carbonyl (C=O) groups excluding carboxylic acids is 2. The Balaban J connectivity index is 1.73. The molecule has 1 saturated heterocycles. The molecule has 1 aromatic carbocycles. The van der Waals surface area contributed by atoms with Gasteiger partial charge in [-0.2, -0.15) is 5.10 Å². The molecule has 0 bridgehead atoms. The summed E-state index contributed by atoms with van der Waals surface area (Å²) in [6.07, 6.45) is 2.13. The summed E-state index contributed by atoms with van der Waals surface area (Å²) in [5.41, 5.74) is 2.01. The van der Waals surface area contributed by atoms with Gasteiger partial charge in [0, 0.05) is 31.7 Å². The molecule has 0 unspecified atom stereocenters. The van der Waals surface area contributed by atoms with Crippen LogP contribution in [0.4, 0.5) is 4.39 Å². The number of likely N-dealkylation sites (tertiary alicyclic amines) is 1. The van der Waals surface area contributed by atoms with Crippen LogP contribution in [-0.2, 0) is 27.3 Å². The first-order valence-corrected chi connectivity index (χ1v) is 10.5. The van der Waals surface area contributed by atoms with Gasteiger partial charge in [0.2, 0.25) is 5.91 Å². The van der Waals surface area contributed by atoms with Gasteiger partial charge in [-0.05, 0) is 63.8 Å². The second kappa shape index (κ2) is 9.41. The summed E-state index contributed by atoms with van der Waals surface area (Å²) < 4.78 is 20.5. The van der Waals surface area contributed by atoms with Crippen molar-refractivity contribution < 1.29 is 18.7 Å². The Bertz CT molecular complexity index is 894. The Hall–Kier alpha value is -2.70. The minimum Gasteiger partial charge on any atom is -0.466 e. The Morgan fingerprint density at radius 2 is 1.97 bits per heavy atom. The van der Waals surface area contributed by atoms with Crippen molar-refractivity contribution in [3.63, 3.8) is 0 Å². The van der Waals surface area contributed by atoms with E-state index in [1.54, 1.807) is 24.0 Å². The van der Waals surface area contributed by atoms with Crippen LogP contribution < -0.4 is 0 Å². The number of hydrogen-bond donors (Lipinski definition) is 0.